The van der Waals surface area contributed by atoms with Crippen molar-refractivity contribution in [3.05, 3.63) is 106 Å². The summed E-state index contributed by atoms with van der Waals surface area (Å²) in [6.45, 7) is 31.1. The fourth-order valence-electron chi connectivity index (χ4n) is 6.99. The van der Waals surface area contributed by atoms with Crippen LogP contribution in [0.2, 0.25) is 0 Å². The molecule has 0 N–H and O–H groups in total. The minimum atomic E-state index is -4.24. The summed E-state index contributed by atoms with van der Waals surface area (Å²) in [6, 6.07) is 22.3. The van der Waals surface area contributed by atoms with Gasteiger partial charge in [0.25, 0.3) is 0 Å². The number of rotatable bonds is 7. The minimum absolute atomic E-state index is 0.254. The summed E-state index contributed by atoms with van der Waals surface area (Å²) < 4.78 is 46.8. The van der Waals surface area contributed by atoms with Crippen LogP contribution in [-0.4, -0.2) is 99.3 Å². The summed E-state index contributed by atoms with van der Waals surface area (Å²) in [5.41, 5.74) is 4.23. The lowest BCUT2D eigenvalue weighted by Crippen LogP contribution is -2.41. The smallest absolute Gasteiger partial charge is 0.416 e. The van der Waals surface area contributed by atoms with Gasteiger partial charge in [-0.05, 0) is 126 Å². The largest absolute Gasteiger partial charge is 0.465 e. The number of esters is 2. The van der Waals surface area contributed by atoms with E-state index in [9.17, 15) is 22.8 Å². The molecule has 0 aliphatic carbocycles. The van der Waals surface area contributed by atoms with Gasteiger partial charge in [0.15, 0.2) is 0 Å². The van der Waals surface area contributed by atoms with E-state index in [2.05, 4.69) is 61.6 Å². The van der Waals surface area contributed by atoms with Crippen molar-refractivity contribution in [2.75, 3.05) is 60.5 Å². The number of alkyl halides is 3. The van der Waals surface area contributed by atoms with Gasteiger partial charge >= 0.3 is 18.1 Å². The van der Waals surface area contributed by atoms with Crippen LogP contribution in [0.3, 0.4) is 0 Å². The van der Waals surface area contributed by atoms with E-state index in [-0.39, 0.29) is 11.9 Å². The Hall–Kier alpha value is -3.73. The zero-order valence-electron chi connectivity index (χ0n) is 39.1. The molecule has 3 saturated heterocycles. The quantitative estimate of drug-likeness (QED) is 0.220. The van der Waals surface area contributed by atoms with Crippen molar-refractivity contribution >= 4 is 11.9 Å². The lowest BCUT2D eigenvalue weighted by atomic mass is 9.91. The second kappa shape index (κ2) is 29.5. The molecule has 2 unspecified atom stereocenters. The Morgan fingerprint density at radius 1 is 0.576 bits per heavy atom. The third kappa shape index (κ3) is 18.2. The van der Waals surface area contributed by atoms with Crippen LogP contribution in [0.25, 0.3) is 0 Å². The number of nitrogens with zero attached hydrogens (tertiary/aromatic N) is 3. The summed E-state index contributed by atoms with van der Waals surface area (Å²) >= 11 is 0. The first-order valence-electron chi connectivity index (χ1n) is 21.9. The van der Waals surface area contributed by atoms with Crippen molar-refractivity contribution in [1.29, 1.82) is 0 Å². The van der Waals surface area contributed by atoms with E-state index in [4.69, 9.17) is 9.47 Å². The van der Waals surface area contributed by atoms with E-state index in [0.29, 0.717) is 41.0 Å². The van der Waals surface area contributed by atoms with Crippen LogP contribution in [-0.2, 0) is 15.7 Å². The third-order valence-corrected chi connectivity index (χ3v) is 10.2. The van der Waals surface area contributed by atoms with Gasteiger partial charge in [0.2, 0.25) is 0 Å². The monoisotopic (exact) mass is 830 g/mol. The molecule has 2 atom stereocenters. The Kier molecular flexibility index (Phi) is 27.6. The fourth-order valence-corrected chi connectivity index (χ4v) is 6.99. The Labute approximate surface area is 356 Å². The van der Waals surface area contributed by atoms with E-state index in [1.54, 1.807) is 18.2 Å². The molecule has 3 aliphatic rings. The van der Waals surface area contributed by atoms with Crippen molar-refractivity contribution in [3.63, 3.8) is 0 Å². The summed E-state index contributed by atoms with van der Waals surface area (Å²) in [5.74, 6) is 0.964. The number of methoxy groups -OCH3 is 2. The molecule has 0 saturated carbocycles. The highest BCUT2D eigenvalue weighted by Gasteiger charge is 2.31. The molecular weight excluding hydrogens is 752 g/mol. The molecule has 3 aromatic rings. The maximum absolute atomic E-state index is 12.5. The highest BCUT2D eigenvalue weighted by atomic mass is 19.4. The predicted molar refractivity (Wildman–Crippen MR) is 241 cm³/mol. The van der Waals surface area contributed by atoms with E-state index < -0.39 is 11.7 Å². The first kappa shape index (κ1) is 55.3. The van der Waals surface area contributed by atoms with Crippen molar-refractivity contribution in [2.45, 2.75) is 132 Å². The molecule has 0 spiro atoms. The number of benzene rings is 3. The summed E-state index contributed by atoms with van der Waals surface area (Å²) in [5, 5.41) is 0. The average molecular weight is 830 g/mol. The number of hydrogen-bond donors (Lipinski definition) is 0. The van der Waals surface area contributed by atoms with Crippen LogP contribution in [0.15, 0.2) is 72.8 Å². The van der Waals surface area contributed by atoms with Gasteiger partial charge in [0.1, 0.15) is 0 Å². The molecule has 0 bridgehead atoms. The summed E-state index contributed by atoms with van der Waals surface area (Å²) in [4.78, 5) is 30.0. The Balaban J connectivity index is 0.000000789. The van der Waals surface area contributed by atoms with E-state index in [1.165, 1.54) is 43.9 Å². The van der Waals surface area contributed by atoms with Crippen LogP contribution in [0.5, 0.6) is 0 Å². The van der Waals surface area contributed by atoms with Crippen molar-refractivity contribution in [3.8, 4) is 0 Å². The number of ether oxygens (including phenoxy) is 2. The Bertz CT molecular complexity index is 1570. The van der Waals surface area contributed by atoms with E-state index in [0.717, 1.165) is 51.3 Å². The van der Waals surface area contributed by atoms with Crippen molar-refractivity contribution in [1.82, 2.24) is 14.7 Å². The second-order valence-electron chi connectivity index (χ2n) is 14.4. The van der Waals surface area contributed by atoms with Crippen LogP contribution < -0.4 is 0 Å². The second-order valence-corrected chi connectivity index (χ2v) is 14.4. The highest BCUT2D eigenvalue weighted by Crippen LogP contribution is 2.33. The zero-order valence-corrected chi connectivity index (χ0v) is 39.1. The van der Waals surface area contributed by atoms with Gasteiger partial charge in [0, 0.05) is 44.2 Å². The normalized spacial score (nSPS) is 17.6. The van der Waals surface area contributed by atoms with Crippen LogP contribution in [0.1, 0.15) is 157 Å². The maximum Gasteiger partial charge on any atom is 0.416 e. The van der Waals surface area contributed by atoms with Gasteiger partial charge in [-0.2, -0.15) is 13.2 Å². The molecule has 334 valence electrons. The number of hydrogen-bond acceptors (Lipinski definition) is 7. The minimum Gasteiger partial charge on any atom is -0.465 e. The summed E-state index contributed by atoms with van der Waals surface area (Å²) in [6.07, 6.45) is -2.04. The molecule has 0 amide bonds. The molecule has 59 heavy (non-hydrogen) atoms. The maximum atomic E-state index is 12.5. The SMILES string of the molecule is CC.CC.CC.CC.CC(C)N1CCC(c2ccc(C(F)(F)F)cc2)C1.COC(=O)c1cccc(C2CCN(C(C)C)C2)c1.COC(=O)c1cccc(C2CN(C)C2)c1. The first-order chi connectivity index (χ1) is 28.2. The number of halogens is 3. The molecular formula is C49H78F3N3O4. The molecule has 3 fully saturated rings. The lowest BCUT2D eigenvalue weighted by Gasteiger charge is -2.36. The fraction of sp³-hybridized carbons (Fsp3) is 0.592. The molecule has 6 rings (SSSR count). The van der Waals surface area contributed by atoms with E-state index >= 15 is 0 Å². The molecule has 3 heterocycles. The number of carbonyl (C=O) groups is 2. The van der Waals surface area contributed by atoms with Gasteiger partial charge in [-0.1, -0.05) is 91.8 Å². The molecule has 10 heteroatoms. The Morgan fingerprint density at radius 2 is 0.949 bits per heavy atom. The van der Waals surface area contributed by atoms with Crippen LogP contribution >= 0.6 is 0 Å². The molecule has 7 nitrogen and oxygen atoms in total. The first-order valence-corrected chi connectivity index (χ1v) is 21.9. The van der Waals surface area contributed by atoms with Gasteiger partial charge in [0.05, 0.1) is 30.9 Å². The average Bonchev–Trinajstić information content (AvgIpc) is 3.98. The molecule has 0 aromatic heterocycles. The molecule has 3 aliphatic heterocycles. The highest BCUT2D eigenvalue weighted by molar-refractivity contribution is 5.90. The molecule has 0 radical (unpaired) electrons. The number of carbonyl (C=O) groups excluding carboxylic acids is 2. The zero-order chi connectivity index (χ0) is 45.3. The van der Waals surface area contributed by atoms with Gasteiger partial charge in [-0.25, -0.2) is 9.59 Å². The summed E-state index contributed by atoms with van der Waals surface area (Å²) in [7, 11) is 4.93. The van der Waals surface area contributed by atoms with Gasteiger partial charge in [-0.15, -0.1) is 0 Å². The third-order valence-electron chi connectivity index (χ3n) is 10.2. The predicted octanol–water partition coefficient (Wildman–Crippen LogP) is 12.2. The van der Waals surface area contributed by atoms with Crippen LogP contribution in [0, 0.1) is 0 Å². The van der Waals surface area contributed by atoms with Crippen molar-refractivity contribution < 1.29 is 32.2 Å². The topological polar surface area (TPSA) is 62.3 Å². The number of likely N-dealkylation sites (tertiary alicyclic amines) is 3. The van der Waals surface area contributed by atoms with Gasteiger partial charge < -0.3 is 24.2 Å². The standard InChI is InChI=1S/C15H21NO2.C14H18F3N.C12H15NO2.4C2H6/c1-11(2)16-8-7-14(10-16)12-5-4-6-13(9-12)15(17)18-3;1-10(2)18-8-7-12(9-18)11-3-5-13(6-4-11)14(15,16)17;1-13-7-11(8-13)9-4-3-5-10(6-9)12(14)15-2;4*1-2/h4-6,9,11,14H,7-8,10H2,1-3H3;3-6,10,12H,7-9H2,1-2H3;3-6,11H,7-8H2,1-2H3;4*1-2H3. The lowest BCUT2D eigenvalue weighted by molar-refractivity contribution is -0.137. The van der Waals surface area contributed by atoms with Crippen molar-refractivity contribution in [2.24, 2.45) is 0 Å². The molecule has 3 aromatic carbocycles. The number of likely N-dealkylation sites (N-methyl/N-ethyl adjacent to an activating group) is 1. The van der Waals surface area contributed by atoms with E-state index in [1.807, 2.05) is 85.7 Å². The Morgan fingerprint density at radius 3 is 1.27 bits per heavy atom. The van der Waals surface area contributed by atoms with Crippen LogP contribution in [0.4, 0.5) is 13.2 Å². The van der Waals surface area contributed by atoms with Gasteiger partial charge in [-0.3, -0.25) is 0 Å².